The van der Waals surface area contributed by atoms with Crippen molar-refractivity contribution in [1.82, 2.24) is 10.2 Å². The van der Waals surface area contributed by atoms with Gasteiger partial charge in [-0.2, -0.15) is 0 Å². The van der Waals surface area contributed by atoms with Crippen molar-refractivity contribution in [3.63, 3.8) is 0 Å². The zero-order valence-electron chi connectivity index (χ0n) is 12.9. The first kappa shape index (κ1) is 15.3. The smallest absolute Gasteiger partial charge is 0.118 e. The Kier molecular flexibility index (Phi) is 6.34. The third-order valence-corrected chi connectivity index (χ3v) is 4.06. The number of rotatable bonds is 8. The second-order valence-electron chi connectivity index (χ2n) is 5.69. The van der Waals surface area contributed by atoms with E-state index in [0.717, 1.165) is 18.7 Å². The van der Waals surface area contributed by atoms with E-state index in [4.69, 9.17) is 4.74 Å². The third-order valence-electron chi connectivity index (χ3n) is 4.06. The lowest BCUT2D eigenvalue weighted by Crippen LogP contribution is -2.39. The summed E-state index contributed by atoms with van der Waals surface area (Å²) in [5.41, 5.74) is 1.39. The van der Waals surface area contributed by atoms with Crippen LogP contribution in [0.4, 0.5) is 0 Å². The predicted molar refractivity (Wildman–Crippen MR) is 84.5 cm³/mol. The van der Waals surface area contributed by atoms with E-state index in [1.54, 1.807) is 7.11 Å². The van der Waals surface area contributed by atoms with Gasteiger partial charge in [0.1, 0.15) is 5.75 Å². The minimum absolute atomic E-state index is 0.706. The van der Waals surface area contributed by atoms with Gasteiger partial charge in [0.25, 0.3) is 0 Å². The fourth-order valence-electron chi connectivity index (χ4n) is 2.91. The molecule has 3 nitrogen and oxygen atoms in total. The number of nitrogens with one attached hydrogen (secondary N) is 1. The normalized spacial score (nSPS) is 18.6. The van der Waals surface area contributed by atoms with Crippen molar-refractivity contribution >= 4 is 0 Å². The fourth-order valence-corrected chi connectivity index (χ4v) is 2.91. The highest BCUT2D eigenvalue weighted by Gasteiger charge is 2.17. The van der Waals surface area contributed by atoms with E-state index in [9.17, 15) is 0 Å². The van der Waals surface area contributed by atoms with E-state index < -0.39 is 0 Å². The van der Waals surface area contributed by atoms with Gasteiger partial charge in [0, 0.05) is 19.1 Å². The lowest BCUT2D eigenvalue weighted by Gasteiger charge is -2.25. The average molecular weight is 276 g/mol. The van der Waals surface area contributed by atoms with Crippen molar-refractivity contribution in [2.45, 2.75) is 38.6 Å². The van der Waals surface area contributed by atoms with Crippen LogP contribution in [-0.4, -0.2) is 44.2 Å². The van der Waals surface area contributed by atoms with Crippen molar-refractivity contribution in [2.24, 2.45) is 0 Å². The van der Waals surface area contributed by atoms with Crippen LogP contribution in [0.25, 0.3) is 0 Å². The monoisotopic (exact) mass is 276 g/mol. The van der Waals surface area contributed by atoms with Gasteiger partial charge in [-0.15, -0.1) is 0 Å². The molecule has 1 heterocycles. The van der Waals surface area contributed by atoms with Crippen LogP contribution in [-0.2, 0) is 6.42 Å². The van der Waals surface area contributed by atoms with Crippen LogP contribution in [0.2, 0.25) is 0 Å². The molecule has 0 saturated carbocycles. The first-order valence-corrected chi connectivity index (χ1v) is 7.90. The van der Waals surface area contributed by atoms with Gasteiger partial charge >= 0.3 is 0 Å². The topological polar surface area (TPSA) is 24.5 Å². The largest absolute Gasteiger partial charge is 0.497 e. The van der Waals surface area contributed by atoms with Crippen LogP contribution in [0.15, 0.2) is 24.3 Å². The van der Waals surface area contributed by atoms with Crippen molar-refractivity contribution in [3.05, 3.63) is 29.8 Å². The van der Waals surface area contributed by atoms with E-state index in [-0.39, 0.29) is 0 Å². The lowest BCUT2D eigenvalue weighted by atomic mass is 10.1. The van der Waals surface area contributed by atoms with Gasteiger partial charge < -0.3 is 15.0 Å². The number of ether oxygens (including phenoxy) is 1. The second kappa shape index (κ2) is 8.28. The number of nitrogens with zero attached hydrogens (tertiary/aromatic N) is 1. The molecule has 0 bridgehead atoms. The highest BCUT2D eigenvalue weighted by atomic mass is 16.5. The molecule has 0 aliphatic carbocycles. The van der Waals surface area contributed by atoms with Gasteiger partial charge in [-0.25, -0.2) is 0 Å². The van der Waals surface area contributed by atoms with Crippen LogP contribution >= 0.6 is 0 Å². The Balaban J connectivity index is 1.80. The van der Waals surface area contributed by atoms with Gasteiger partial charge in [-0.1, -0.05) is 19.1 Å². The zero-order valence-corrected chi connectivity index (χ0v) is 12.9. The summed E-state index contributed by atoms with van der Waals surface area (Å²) >= 11 is 0. The molecule has 3 heteroatoms. The van der Waals surface area contributed by atoms with Gasteiger partial charge in [0.05, 0.1) is 7.11 Å². The summed E-state index contributed by atoms with van der Waals surface area (Å²) in [6.07, 6.45) is 5.03. The summed E-state index contributed by atoms with van der Waals surface area (Å²) in [6, 6.07) is 9.17. The molecule has 1 aliphatic heterocycles. The summed E-state index contributed by atoms with van der Waals surface area (Å²) in [5, 5.41) is 3.60. The molecule has 1 fully saturated rings. The molecule has 1 aromatic rings. The molecular formula is C17H28N2O. The molecule has 1 atom stereocenters. The Hall–Kier alpha value is -1.06. The quantitative estimate of drug-likeness (QED) is 0.790. The second-order valence-corrected chi connectivity index (χ2v) is 5.69. The number of benzene rings is 1. The van der Waals surface area contributed by atoms with Crippen LogP contribution < -0.4 is 10.1 Å². The number of methoxy groups -OCH3 is 1. The fraction of sp³-hybridized carbons (Fsp3) is 0.647. The molecule has 1 saturated heterocycles. The molecule has 1 aromatic carbocycles. The molecule has 0 spiro atoms. The molecule has 2 rings (SSSR count). The molecular weight excluding hydrogens is 248 g/mol. The van der Waals surface area contributed by atoms with Crippen LogP contribution in [0.3, 0.4) is 0 Å². The highest BCUT2D eigenvalue weighted by Crippen LogP contribution is 2.13. The zero-order chi connectivity index (χ0) is 14.2. The van der Waals surface area contributed by atoms with Crippen molar-refractivity contribution in [2.75, 3.05) is 33.3 Å². The maximum atomic E-state index is 5.20. The Morgan fingerprint density at radius 1 is 1.25 bits per heavy atom. The summed E-state index contributed by atoms with van der Waals surface area (Å²) in [7, 11) is 1.71. The Bertz CT molecular complexity index is 371. The number of hydrogen-bond donors (Lipinski definition) is 1. The average Bonchev–Trinajstić information content (AvgIpc) is 2.98. The molecule has 0 amide bonds. The molecule has 112 valence electrons. The molecule has 20 heavy (non-hydrogen) atoms. The van der Waals surface area contributed by atoms with Gasteiger partial charge in [0.15, 0.2) is 0 Å². The first-order valence-electron chi connectivity index (χ1n) is 7.90. The van der Waals surface area contributed by atoms with Crippen LogP contribution in [0, 0.1) is 0 Å². The summed E-state index contributed by atoms with van der Waals surface area (Å²) in [5.74, 6) is 0.939. The lowest BCUT2D eigenvalue weighted by molar-refractivity contribution is 0.252. The van der Waals surface area contributed by atoms with Crippen LogP contribution in [0.5, 0.6) is 5.75 Å². The van der Waals surface area contributed by atoms with Gasteiger partial charge in [0.2, 0.25) is 0 Å². The maximum absolute atomic E-state index is 5.20. The number of hydrogen-bond acceptors (Lipinski definition) is 3. The molecule has 1 N–H and O–H groups in total. The van der Waals surface area contributed by atoms with Gasteiger partial charge in [-0.3, -0.25) is 0 Å². The Labute approximate surface area is 123 Å². The first-order chi connectivity index (χ1) is 9.81. The van der Waals surface area contributed by atoms with E-state index in [2.05, 4.69) is 41.4 Å². The third kappa shape index (κ3) is 4.80. The minimum atomic E-state index is 0.706. The SMILES string of the molecule is CCCN(CCc1ccc(OC)cc1)CC1CCCN1. The van der Waals surface area contributed by atoms with Crippen molar-refractivity contribution < 1.29 is 4.74 Å². The van der Waals surface area contributed by atoms with Crippen molar-refractivity contribution in [3.8, 4) is 5.75 Å². The van der Waals surface area contributed by atoms with E-state index in [1.165, 1.54) is 44.5 Å². The van der Waals surface area contributed by atoms with Crippen molar-refractivity contribution in [1.29, 1.82) is 0 Å². The minimum Gasteiger partial charge on any atom is -0.497 e. The maximum Gasteiger partial charge on any atom is 0.118 e. The van der Waals surface area contributed by atoms with E-state index >= 15 is 0 Å². The Morgan fingerprint density at radius 2 is 2.05 bits per heavy atom. The molecule has 0 radical (unpaired) electrons. The standard InChI is InChI=1S/C17H28N2O/c1-3-12-19(14-16-5-4-11-18-16)13-10-15-6-8-17(20-2)9-7-15/h6-9,16,18H,3-5,10-14H2,1-2H3. The highest BCUT2D eigenvalue weighted by molar-refractivity contribution is 5.27. The predicted octanol–water partition coefficient (Wildman–Crippen LogP) is 2.70. The molecule has 1 aliphatic rings. The summed E-state index contributed by atoms with van der Waals surface area (Å²) < 4.78 is 5.20. The molecule has 1 unspecified atom stereocenters. The van der Waals surface area contributed by atoms with E-state index in [1.807, 2.05) is 0 Å². The Morgan fingerprint density at radius 3 is 2.65 bits per heavy atom. The van der Waals surface area contributed by atoms with Crippen LogP contribution in [0.1, 0.15) is 31.7 Å². The van der Waals surface area contributed by atoms with E-state index in [0.29, 0.717) is 6.04 Å². The summed E-state index contributed by atoms with van der Waals surface area (Å²) in [6.45, 7) is 7.02. The summed E-state index contributed by atoms with van der Waals surface area (Å²) in [4.78, 5) is 2.60. The van der Waals surface area contributed by atoms with Gasteiger partial charge in [-0.05, 0) is 56.5 Å². The molecule has 0 aromatic heterocycles.